The largest absolute Gasteiger partial charge is 0.312 e. The van der Waals surface area contributed by atoms with E-state index in [1.807, 2.05) is 60.7 Å². The third-order valence-electron chi connectivity index (χ3n) is 4.41. The van der Waals surface area contributed by atoms with Crippen molar-refractivity contribution in [1.82, 2.24) is 4.31 Å². The van der Waals surface area contributed by atoms with Gasteiger partial charge in [-0.3, -0.25) is 0 Å². The molecule has 126 valence electrons. The lowest BCUT2D eigenvalue weighted by molar-refractivity contribution is 0.451. The standard InChI is InChI=1S/C18H20NO3PS/c1-2-24(21,22)19-15-9-14-18(19)23(20,16-10-5-3-6-11-16)17-12-7-4-8-13-17/h2-8,10-13,18H,1,9,14-15H2. The quantitative estimate of drug-likeness (QED) is 0.770. The second kappa shape index (κ2) is 6.67. The maximum Gasteiger partial charge on any atom is 0.236 e. The van der Waals surface area contributed by atoms with Crippen LogP contribution in [-0.4, -0.2) is 25.1 Å². The topological polar surface area (TPSA) is 54.5 Å². The Morgan fingerprint density at radius 2 is 1.50 bits per heavy atom. The summed E-state index contributed by atoms with van der Waals surface area (Å²) < 4.78 is 40.4. The van der Waals surface area contributed by atoms with Crippen molar-refractivity contribution in [1.29, 1.82) is 0 Å². The lowest BCUT2D eigenvalue weighted by Gasteiger charge is -2.31. The summed E-state index contributed by atoms with van der Waals surface area (Å²) in [4.78, 5) is 0. The first-order valence-corrected chi connectivity index (χ1v) is 11.1. The molecule has 0 aromatic heterocycles. The van der Waals surface area contributed by atoms with Crippen LogP contribution in [0.25, 0.3) is 0 Å². The van der Waals surface area contributed by atoms with Crippen molar-refractivity contribution in [2.75, 3.05) is 6.54 Å². The van der Waals surface area contributed by atoms with Crippen LogP contribution >= 0.6 is 7.14 Å². The number of hydrogen-bond donors (Lipinski definition) is 0. The molecule has 6 heteroatoms. The Kier molecular flexibility index (Phi) is 4.77. The fourth-order valence-electron chi connectivity index (χ4n) is 3.27. The van der Waals surface area contributed by atoms with Gasteiger partial charge in [0.05, 0.1) is 5.78 Å². The van der Waals surface area contributed by atoms with Crippen molar-refractivity contribution in [2.45, 2.75) is 18.6 Å². The molecule has 0 spiro atoms. The Bertz CT molecular complexity index is 822. The summed E-state index contributed by atoms with van der Waals surface area (Å²) in [5.74, 6) is -0.565. The van der Waals surface area contributed by atoms with Crippen molar-refractivity contribution >= 4 is 27.8 Å². The highest BCUT2D eigenvalue weighted by Crippen LogP contribution is 2.54. The van der Waals surface area contributed by atoms with Crippen LogP contribution in [-0.2, 0) is 14.6 Å². The Labute approximate surface area is 143 Å². The number of hydrogen-bond acceptors (Lipinski definition) is 3. The smallest absolute Gasteiger partial charge is 0.236 e. The number of benzene rings is 2. The normalized spacial score (nSPS) is 19.2. The summed E-state index contributed by atoms with van der Waals surface area (Å²) in [5, 5.41) is 2.32. The molecule has 0 radical (unpaired) electrons. The molecular formula is C18H20NO3PS. The molecule has 0 N–H and O–H groups in total. The van der Waals surface area contributed by atoms with Gasteiger partial charge in [-0.2, -0.15) is 4.31 Å². The first-order chi connectivity index (χ1) is 11.5. The molecule has 24 heavy (non-hydrogen) atoms. The summed E-state index contributed by atoms with van der Waals surface area (Å²) >= 11 is 0. The predicted octanol–water partition coefficient (Wildman–Crippen LogP) is 2.90. The zero-order valence-electron chi connectivity index (χ0n) is 13.3. The minimum Gasteiger partial charge on any atom is -0.312 e. The van der Waals surface area contributed by atoms with Gasteiger partial charge in [0.1, 0.15) is 0 Å². The molecule has 1 atom stereocenters. The number of rotatable bonds is 5. The van der Waals surface area contributed by atoms with Crippen molar-refractivity contribution in [3.63, 3.8) is 0 Å². The molecule has 2 aromatic carbocycles. The molecule has 1 aliphatic rings. The van der Waals surface area contributed by atoms with E-state index in [0.717, 1.165) is 5.41 Å². The SMILES string of the molecule is C=CS(=O)(=O)N1CCCC1P(=O)(c1ccccc1)c1ccccc1. The zero-order valence-corrected chi connectivity index (χ0v) is 15.0. The van der Waals surface area contributed by atoms with Crippen LogP contribution in [0, 0.1) is 0 Å². The van der Waals surface area contributed by atoms with Crippen molar-refractivity contribution in [2.24, 2.45) is 0 Å². The Morgan fingerprint density at radius 1 is 1.00 bits per heavy atom. The van der Waals surface area contributed by atoms with Gasteiger partial charge in [-0.15, -0.1) is 0 Å². The van der Waals surface area contributed by atoms with E-state index in [2.05, 4.69) is 6.58 Å². The highest BCUT2D eigenvalue weighted by atomic mass is 32.2. The van der Waals surface area contributed by atoms with Gasteiger partial charge in [0, 0.05) is 22.6 Å². The number of sulfonamides is 1. The van der Waals surface area contributed by atoms with E-state index in [0.29, 0.717) is 30.0 Å². The lowest BCUT2D eigenvalue weighted by atomic mass is 10.4. The minimum atomic E-state index is -3.62. The summed E-state index contributed by atoms with van der Waals surface area (Å²) in [6, 6.07) is 18.4. The molecule has 1 fully saturated rings. The Morgan fingerprint density at radius 3 is 1.96 bits per heavy atom. The molecule has 3 rings (SSSR count). The summed E-state index contributed by atoms with van der Waals surface area (Å²) in [6.07, 6.45) is 1.27. The summed E-state index contributed by atoms with van der Waals surface area (Å²) in [7, 11) is -6.76. The van der Waals surface area contributed by atoms with Crippen LogP contribution in [0.15, 0.2) is 72.7 Å². The number of nitrogens with zero attached hydrogens (tertiary/aromatic N) is 1. The van der Waals surface area contributed by atoms with Crippen LogP contribution in [0.4, 0.5) is 0 Å². The van der Waals surface area contributed by atoms with Gasteiger partial charge in [-0.05, 0) is 12.8 Å². The molecule has 2 aromatic rings. The highest BCUT2D eigenvalue weighted by molar-refractivity contribution is 7.92. The van der Waals surface area contributed by atoms with Crippen LogP contribution in [0.3, 0.4) is 0 Å². The molecule has 0 aliphatic carbocycles. The van der Waals surface area contributed by atoms with Crippen LogP contribution in [0.2, 0.25) is 0 Å². The van der Waals surface area contributed by atoms with E-state index in [-0.39, 0.29) is 0 Å². The molecule has 0 saturated carbocycles. The van der Waals surface area contributed by atoms with Gasteiger partial charge in [0.2, 0.25) is 10.0 Å². The maximum absolute atomic E-state index is 14.3. The van der Waals surface area contributed by atoms with E-state index >= 15 is 0 Å². The van der Waals surface area contributed by atoms with Gasteiger partial charge < -0.3 is 4.57 Å². The van der Waals surface area contributed by atoms with Crippen molar-refractivity contribution < 1.29 is 13.0 Å². The molecular weight excluding hydrogens is 341 g/mol. The molecule has 1 unspecified atom stereocenters. The second-order valence-corrected chi connectivity index (χ2v) is 10.6. The average Bonchev–Trinajstić information content (AvgIpc) is 3.14. The van der Waals surface area contributed by atoms with E-state index in [1.165, 1.54) is 4.31 Å². The lowest BCUT2D eigenvalue weighted by Crippen LogP contribution is -2.39. The van der Waals surface area contributed by atoms with Gasteiger partial charge in [-0.1, -0.05) is 67.2 Å². The molecule has 1 heterocycles. The van der Waals surface area contributed by atoms with Crippen molar-refractivity contribution in [3.05, 3.63) is 72.7 Å². The maximum atomic E-state index is 14.3. The molecule has 1 aliphatic heterocycles. The van der Waals surface area contributed by atoms with Gasteiger partial charge in [-0.25, -0.2) is 8.42 Å². The molecule has 4 nitrogen and oxygen atoms in total. The van der Waals surface area contributed by atoms with Crippen molar-refractivity contribution in [3.8, 4) is 0 Å². The van der Waals surface area contributed by atoms with E-state index in [1.54, 1.807) is 0 Å². The van der Waals surface area contributed by atoms with Gasteiger partial charge >= 0.3 is 0 Å². The second-order valence-electron chi connectivity index (χ2n) is 5.77. The van der Waals surface area contributed by atoms with Crippen LogP contribution in [0.5, 0.6) is 0 Å². The summed E-state index contributed by atoms with van der Waals surface area (Å²) in [6.45, 7) is 3.80. The third-order valence-corrected chi connectivity index (χ3v) is 9.59. The fraction of sp³-hybridized carbons (Fsp3) is 0.222. The molecule has 0 bridgehead atoms. The third kappa shape index (κ3) is 2.88. The summed E-state index contributed by atoms with van der Waals surface area (Å²) in [5.41, 5.74) is 0. The highest BCUT2D eigenvalue weighted by Gasteiger charge is 2.46. The zero-order chi connectivity index (χ0) is 17.2. The molecule has 1 saturated heterocycles. The van der Waals surface area contributed by atoms with Crippen LogP contribution < -0.4 is 10.6 Å². The van der Waals surface area contributed by atoms with Crippen LogP contribution in [0.1, 0.15) is 12.8 Å². The first kappa shape index (κ1) is 17.2. The first-order valence-electron chi connectivity index (χ1n) is 7.85. The minimum absolute atomic E-state index is 0.378. The average molecular weight is 361 g/mol. The molecule has 0 amide bonds. The Balaban J connectivity index is 2.20. The Hall–Kier alpha value is -1.68. The fourth-order valence-corrected chi connectivity index (χ4v) is 8.32. The monoisotopic (exact) mass is 361 g/mol. The van der Waals surface area contributed by atoms with E-state index < -0.39 is 22.9 Å². The van der Waals surface area contributed by atoms with E-state index in [4.69, 9.17) is 0 Å². The predicted molar refractivity (Wildman–Crippen MR) is 98.6 cm³/mol. The van der Waals surface area contributed by atoms with Gasteiger partial charge in [0.25, 0.3) is 0 Å². The van der Waals surface area contributed by atoms with Gasteiger partial charge in [0.15, 0.2) is 7.14 Å². The van der Waals surface area contributed by atoms with E-state index in [9.17, 15) is 13.0 Å².